The van der Waals surface area contributed by atoms with Crippen molar-refractivity contribution in [3.63, 3.8) is 0 Å². The Morgan fingerprint density at radius 3 is 2.62 bits per heavy atom. The largest absolute Gasteiger partial charge is 0.515 e. The summed E-state index contributed by atoms with van der Waals surface area (Å²) in [4.78, 5) is 23.7. The van der Waals surface area contributed by atoms with Gasteiger partial charge in [0.05, 0.1) is 36.0 Å². The number of carbonyl (C=O) groups excluding carboxylic acids is 2. The predicted molar refractivity (Wildman–Crippen MR) is 88.4 cm³/mol. The number of hydrogen-bond donors (Lipinski definition) is 2. The van der Waals surface area contributed by atoms with Crippen LogP contribution in [-0.2, 0) is 17.7 Å². The van der Waals surface area contributed by atoms with Gasteiger partial charge in [-0.1, -0.05) is 0 Å². The number of ether oxygens (including phenoxy) is 1. The molecule has 24 heavy (non-hydrogen) atoms. The van der Waals surface area contributed by atoms with Crippen molar-refractivity contribution >= 4 is 24.8 Å². The number of aryl methyl sites for hydroxylation is 2. The minimum atomic E-state index is -0.530. The molecule has 0 saturated carbocycles. The lowest BCUT2D eigenvalue weighted by atomic mass is 9.94. The zero-order valence-corrected chi connectivity index (χ0v) is 13.2. The summed E-state index contributed by atoms with van der Waals surface area (Å²) in [5.74, 6) is -0.530. The van der Waals surface area contributed by atoms with Crippen LogP contribution in [0.5, 0.6) is 0 Å². The molecule has 0 fully saturated rings. The molecule has 3 rings (SSSR count). The Labute approximate surface area is 137 Å². The Balaban J connectivity index is 2.29. The smallest absolute Gasteiger partial charge is 0.340 e. The second-order valence-electron chi connectivity index (χ2n) is 5.48. The normalized spacial score (nSPS) is 14.2. The molecule has 2 heterocycles. The third-order valence-electron chi connectivity index (χ3n) is 4.19. The Bertz CT molecular complexity index is 939. The van der Waals surface area contributed by atoms with Crippen LogP contribution in [0.3, 0.4) is 0 Å². The highest BCUT2D eigenvalue weighted by Crippen LogP contribution is 2.33. The summed E-state index contributed by atoms with van der Waals surface area (Å²) in [5.41, 5.74) is 2.83. The quantitative estimate of drug-likeness (QED) is 0.655. The number of carbonyl (C=O) groups is 2. The van der Waals surface area contributed by atoms with Crippen molar-refractivity contribution < 1.29 is 24.5 Å². The van der Waals surface area contributed by atoms with Crippen molar-refractivity contribution in [2.45, 2.75) is 19.9 Å². The molecule has 6 nitrogen and oxygen atoms in total. The molecule has 0 saturated heterocycles. The van der Waals surface area contributed by atoms with Gasteiger partial charge >= 0.3 is 5.97 Å². The molecule has 0 spiro atoms. The van der Waals surface area contributed by atoms with E-state index in [0.29, 0.717) is 35.4 Å². The molecule has 1 aliphatic heterocycles. The zero-order valence-electron chi connectivity index (χ0n) is 13.2. The summed E-state index contributed by atoms with van der Waals surface area (Å²) in [7, 11) is 0. The van der Waals surface area contributed by atoms with Crippen molar-refractivity contribution in [2.75, 3.05) is 6.61 Å². The van der Waals surface area contributed by atoms with Crippen molar-refractivity contribution in [3.8, 4) is 11.3 Å². The van der Waals surface area contributed by atoms with E-state index in [0.717, 1.165) is 23.7 Å². The molecule has 1 aromatic heterocycles. The van der Waals surface area contributed by atoms with Gasteiger partial charge in [-0.05, 0) is 31.0 Å². The molecule has 2 aromatic rings. The first-order valence-electron chi connectivity index (χ1n) is 7.62. The monoisotopic (exact) mass is 327 g/mol. The molecule has 6 heteroatoms. The number of rotatable bonds is 3. The third-order valence-corrected chi connectivity index (χ3v) is 4.19. The van der Waals surface area contributed by atoms with Crippen LogP contribution in [-0.4, -0.2) is 33.6 Å². The molecule has 0 amide bonds. The molecule has 0 atom stereocenters. The average Bonchev–Trinajstić information content (AvgIpc) is 2.99. The maximum Gasteiger partial charge on any atom is 0.340 e. The Morgan fingerprint density at radius 2 is 2.00 bits per heavy atom. The molecule has 0 aliphatic carbocycles. The minimum absolute atomic E-state index is 0.230. The lowest BCUT2D eigenvalue weighted by Gasteiger charge is -2.20. The first kappa shape index (κ1) is 15.9. The number of benzene rings is 1. The lowest BCUT2D eigenvalue weighted by Crippen LogP contribution is -2.27. The molecular weight excluding hydrogens is 310 g/mol. The highest BCUT2D eigenvalue weighted by Gasteiger charge is 2.26. The van der Waals surface area contributed by atoms with Crippen molar-refractivity contribution in [2.24, 2.45) is 0 Å². The number of aldehydes is 1. The summed E-state index contributed by atoms with van der Waals surface area (Å²) in [6.07, 6.45) is 4.80. The molecule has 0 unspecified atom stereocenters. The van der Waals surface area contributed by atoms with Gasteiger partial charge in [0.15, 0.2) is 6.29 Å². The molecule has 124 valence electrons. The summed E-state index contributed by atoms with van der Waals surface area (Å²) >= 11 is 0. The van der Waals surface area contributed by atoms with Crippen LogP contribution in [0.15, 0.2) is 18.3 Å². The van der Waals surface area contributed by atoms with E-state index in [1.54, 1.807) is 25.3 Å². The van der Waals surface area contributed by atoms with Gasteiger partial charge in [-0.25, -0.2) is 4.79 Å². The average molecular weight is 327 g/mol. The van der Waals surface area contributed by atoms with Crippen LogP contribution in [0.4, 0.5) is 0 Å². The standard InChI is InChI=1S/C18H17NO5/c1-2-24-18(23)15-7-19-4-3-11-5-12(8-20)13(9-21)6-14(11)17(19)16(15)10-22/h5-10,20-21H,2-4H2,1H3. The van der Waals surface area contributed by atoms with Crippen molar-refractivity contribution in [1.82, 2.24) is 4.57 Å². The number of aliphatic hydroxyl groups excluding tert-OH is 2. The fraction of sp³-hybridized carbons (Fsp3) is 0.222. The van der Waals surface area contributed by atoms with Crippen LogP contribution in [0, 0.1) is 0 Å². The van der Waals surface area contributed by atoms with Crippen LogP contribution in [0.25, 0.3) is 23.8 Å². The van der Waals surface area contributed by atoms with Crippen LogP contribution < -0.4 is 10.4 Å². The third kappa shape index (κ3) is 2.36. The second kappa shape index (κ2) is 6.23. The Kier molecular flexibility index (Phi) is 4.12. The Morgan fingerprint density at radius 1 is 1.29 bits per heavy atom. The first-order valence-corrected chi connectivity index (χ1v) is 7.62. The van der Waals surface area contributed by atoms with E-state index in [-0.39, 0.29) is 17.7 Å². The summed E-state index contributed by atoms with van der Waals surface area (Å²) in [6.45, 7) is 2.54. The van der Waals surface area contributed by atoms with E-state index in [2.05, 4.69) is 0 Å². The van der Waals surface area contributed by atoms with E-state index >= 15 is 0 Å². The fourth-order valence-corrected chi connectivity index (χ4v) is 3.11. The predicted octanol–water partition coefficient (Wildman–Crippen LogP) is 1.29. The van der Waals surface area contributed by atoms with Gasteiger partial charge < -0.3 is 19.5 Å². The van der Waals surface area contributed by atoms with Crippen LogP contribution >= 0.6 is 0 Å². The SMILES string of the molecule is CCOC(=O)c1cn2c(c1C=O)-c1cc(=CO)c(=CO)cc1CC2. The zero-order chi connectivity index (χ0) is 17.3. The van der Waals surface area contributed by atoms with Crippen LogP contribution in [0.1, 0.15) is 33.2 Å². The number of esters is 1. The van der Waals surface area contributed by atoms with Gasteiger partial charge in [0.1, 0.15) is 0 Å². The number of nitrogens with zero attached hydrogens (tertiary/aromatic N) is 1. The van der Waals surface area contributed by atoms with E-state index in [9.17, 15) is 19.8 Å². The van der Waals surface area contributed by atoms with Gasteiger partial charge in [0.25, 0.3) is 0 Å². The summed E-state index contributed by atoms with van der Waals surface area (Å²) in [6, 6.07) is 3.47. The van der Waals surface area contributed by atoms with Gasteiger partial charge in [-0.3, -0.25) is 4.79 Å². The van der Waals surface area contributed by atoms with Crippen LogP contribution in [0.2, 0.25) is 0 Å². The second-order valence-corrected chi connectivity index (χ2v) is 5.48. The molecule has 1 aliphatic rings. The van der Waals surface area contributed by atoms with E-state index in [1.807, 2.05) is 4.57 Å². The summed E-state index contributed by atoms with van der Waals surface area (Å²) in [5, 5.41) is 19.6. The first-order chi connectivity index (χ1) is 11.6. The van der Waals surface area contributed by atoms with Gasteiger partial charge in [0, 0.05) is 28.7 Å². The lowest BCUT2D eigenvalue weighted by molar-refractivity contribution is 0.0524. The summed E-state index contributed by atoms with van der Waals surface area (Å²) < 4.78 is 6.87. The topological polar surface area (TPSA) is 88.8 Å². The maximum absolute atomic E-state index is 12.1. The number of hydrogen-bond acceptors (Lipinski definition) is 5. The molecule has 0 radical (unpaired) electrons. The molecular formula is C18H17NO5. The van der Waals surface area contributed by atoms with Gasteiger partial charge in [-0.2, -0.15) is 0 Å². The highest BCUT2D eigenvalue weighted by molar-refractivity contribution is 6.03. The molecule has 1 aromatic carbocycles. The Hall–Kier alpha value is -3.02. The number of aliphatic hydroxyl groups is 2. The number of fused-ring (bicyclic) bond motifs is 3. The van der Waals surface area contributed by atoms with Gasteiger partial charge in [0.2, 0.25) is 0 Å². The molecule has 0 bridgehead atoms. The number of aromatic nitrogens is 1. The van der Waals surface area contributed by atoms with Gasteiger partial charge in [-0.15, -0.1) is 0 Å². The highest BCUT2D eigenvalue weighted by atomic mass is 16.5. The van der Waals surface area contributed by atoms with E-state index in [1.165, 1.54) is 0 Å². The fourth-order valence-electron chi connectivity index (χ4n) is 3.11. The van der Waals surface area contributed by atoms with E-state index < -0.39 is 5.97 Å². The molecule has 2 N–H and O–H groups in total. The van der Waals surface area contributed by atoms with E-state index in [4.69, 9.17) is 4.74 Å². The minimum Gasteiger partial charge on any atom is -0.515 e. The van der Waals surface area contributed by atoms with Crippen molar-refractivity contribution in [3.05, 3.63) is 45.5 Å². The maximum atomic E-state index is 12.1. The van der Waals surface area contributed by atoms with Crippen molar-refractivity contribution in [1.29, 1.82) is 0 Å².